The summed E-state index contributed by atoms with van der Waals surface area (Å²) in [6.07, 6.45) is 4.65. The Bertz CT molecular complexity index is 716. The van der Waals surface area contributed by atoms with E-state index in [0.29, 0.717) is 25.2 Å². The lowest BCUT2D eigenvalue weighted by atomic mass is 10.1. The average Bonchev–Trinajstić information content (AvgIpc) is 2.69. The molecule has 26 heavy (non-hydrogen) atoms. The summed E-state index contributed by atoms with van der Waals surface area (Å²) >= 11 is 0. The quantitative estimate of drug-likeness (QED) is 0.700. The molecule has 1 N–H and O–H groups in total. The number of unbranched alkanes of at least 4 members (excludes halogenated alkanes) is 2. The third kappa shape index (κ3) is 5.69. The van der Waals surface area contributed by atoms with Crippen molar-refractivity contribution in [2.75, 3.05) is 13.1 Å². The van der Waals surface area contributed by atoms with E-state index in [1.54, 1.807) is 17.0 Å². The highest BCUT2D eigenvalue weighted by atomic mass is 16.2. The first kappa shape index (κ1) is 19.6. The maximum atomic E-state index is 12.8. The Morgan fingerprint density at radius 1 is 1.08 bits per heavy atom. The van der Waals surface area contributed by atoms with E-state index >= 15 is 0 Å². The smallest absolute Gasteiger partial charge is 0.269 e. The normalized spacial score (nSPS) is 10.4. The predicted molar refractivity (Wildman–Crippen MR) is 103 cm³/mol. The zero-order chi connectivity index (χ0) is 18.8. The van der Waals surface area contributed by atoms with Gasteiger partial charge in [0.2, 0.25) is 0 Å². The van der Waals surface area contributed by atoms with Gasteiger partial charge in [-0.1, -0.05) is 50.1 Å². The van der Waals surface area contributed by atoms with Crippen LogP contribution in [0.3, 0.4) is 0 Å². The Kier molecular flexibility index (Phi) is 7.80. The fourth-order valence-electron chi connectivity index (χ4n) is 2.67. The monoisotopic (exact) mass is 353 g/mol. The van der Waals surface area contributed by atoms with Crippen molar-refractivity contribution in [3.63, 3.8) is 0 Å². The number of aromatic nitrogens is 1. The SMILES string of the molecule is CCCCCNC(=O)c1cc(C(=O)N(CC)Cc2ccccc2)ccn1. The first-order valence-corrected chi connectivity index (χ1v) is 9.23. The molecule has 0 aliphatic rings. The average molecular weight is 353 g/mol. The number of carbonyl (C=O) groups is 2. The molecule has 1 aromatic heterocycles. The van der Waals surface area contributed by atoms with Crippen molar-refractivity contribution in [2.45, 2.75) is 39.7 Å². The molecule has 0 atom stereocenters. The molecule has 0 aliphatic carbocycles. The van der Waals surface area contributed by atoms with Gasteiger partial charge in [0.25, 0.3) is 11.8 Å². The molecule has 0 aliphatic heterocycles. The van der Waals surface area contributed by atoms with Gasteiger partial charge in [0.15, 0.2) is 0 Å². The minimum Gasteiger partial charge on any atom is -0.351 e. The minimum atomic E-state index is -0.234. The van der Waals surface area contributed by atoms with Crippen molar-refractivity contribution in [3.05, 3.63) is 65.5 Å². The Morgan fingerprint density at radius 3 is 2.54 bits per heavy atom. The van der Waals surface area contributed by atoms with Gasteiger partial charge in [0, 0.05) is 31.4 Å². The van der Waals surface area contributed by atoms with E-state index in [2.05, 4.69) is 17.2 Å². The molecular weight excluding hydrogens is 326 g/mol. The molecule has 2 amide bonds. The summed E-state index contributed by atoms with van der Waals surface area (Å²) in [5, 5.41) is 2.86. The molecular formula is C21H27N3O2. The summed E-state index contributed by atoms with van der Waals surface area (Å²) in [6, 6.07) is 13.1. The number of hydrogen-bond acceptors (Lipinski definition) is 3. The fraction of sp³-hybridized carbons (Fsp3) is 0.381. The van der Waals surface area contributed by atoms with E-state index in [1.165, 1.54) is 6.20 Å². The summed E-state index contributed by atoms with van der Waals surface area (Å²) in [5.74, 6) is -0.333. The molecule has 2 rings (SSSR count). The number of nitrogens with one attached hydrogen (secondary N) is 1. The largest absolute Gasteiger partial charge is 0.351 e. The number of hydrogen-bond donors (Lipinski definition) is 1. The van der Waals surface area contributed by atoms with Crippen LogP contribution in [0.15, 0.2) is 48.7 Å². The van der Waals surface area contributed by atoms with Crippen molar-refractivity contribution in [2.24, 2.45) is 0 Å². The number of pyridine rings is 1. The highest BCUT2D eigenvalue weighted by Crippen LogP contribution is 2.11. The fourth-order valence-corrected chi connectivity index (χ4v) is 2.67. The van der Waals surface area contributed by atoms with Crippen LogP contribution < -0.4 is 5.32 Å². The second-order valence-electron chi connectivity index (χ2n) is 6.20. The van der Waals surface area contributed by atoms with Crippen LogP contribution in [0, 0.1) is 0 Å². The highest BCUT2D eigenvalue weighted by molar-refractivity contribution is 5.98. The van der Waals surface area contributed by atoms with Gasteiger partial charge in [-0.2, -0.15) is 0 Å². The van der Waals surface area contributed by atoms with Crippen molar-refractivity contribution < 1.29 is 9.59 Å². The first-order chi connectivity index (χ1) is 12.7. The molecule has 0 saturated carbocycles. The Morgan fingerprint density at radius 2 is 1.85 bits per heavy atom. The van der Waals surface area contributed by atoms with Crippen molar-refractivity contribution in [1.29, 1.82) is 0 Å². The van der Waals surface area contributed by atoms with Crippen molar-refractivity contribution >= 4 is 11.8 Å². The molecule has 0 saturated heterocycles. The second-order valence-corrected chi connectivity index (χ2v) is 6.20. The number of carbonyl (C=O) groups excluding carboxylic acids is 2. The lowest BCUT2D eigenvalue weighted by molar-refractivity contribution is 0.0752. The van der Waals surface area contributed by atoms with Gasteiger partial charge in [0.1, 0.15) is 5.69 Å². The maximum absolute atomic E-state index is 12.8. The van der Waals surface area contributed by atoms with Crippen molar-refractivity contribution in [3.8, 4) is 0 Å². The van der Waals surface area contributed by atoms with Crippen LogP contribution in [0.25, 0.3) is 0 Å². The lowest BCUT2D eigenvalue weighted by Gasteiger charge is -2.21. The first-order valence-electron chi connectivity index (χ1n) is 9.23. The van der Waals surface area contributed by atoms with Gasteiger partial charge >= 0.3 is 0 Å². The number of nitrogens with zero attached hydrogens (tertiary/aromatic N) is 2. The summed E-state index contributed by atoms with van der Waals surface area (Å²) in [7, 11) is 0. The zero-order valence-electron chi connectivity index (χ0n) is 15.6. The Labute approximate surface area is 155 Å². The molecule has 0 bridgehead atoms. The van der Waals surface area contributed by atoms with Gasteiger partial charge in [-0.15, -0.1) is 0 Å². The van der Waals surface area contributed by atoms with Gasteiger partial charge in [-0.3, -0.25) is 14.6 Å². The number of rotatable bonds is 9. The van der Waals surface area contributed by atoms with E-state index in [0.717, 1.165) is 24.8 Å². The third-order valence-electron chi connectivity index (χ3n) is 4.19. The second kappa shape index (κ2) is 10.3. The number of amides is 2. The predicted octanol–water partition coefficient (Wildman–Crippen LogP) is 3.66. The third-order valence-corrected chi connectivity index (χ3v) is 4.19. The topological polar surface area (TPSA) is 62.3 Å². The Hall–Kier alpha value is -2.69. The lowest BCUT2D eigenvalue weighted by Crippen LogP contribution is -2.31. The molecule has 0 fully saturated rings. The maximum Gasteiger partial charge on any atom is 0.269 e. The summed E-state index contributed by atoms with van der Waals surface area (Å²) < 4.78 is 0. The molecule has 138 valence electrons. The molecule has 1 aromatic carbocycles. The summed E-state index contributed by atoms with van der Waals surface area (Å²) in [5.41, 5.74) is 1.84. The van der Waals surface area contributed by atoms with Crippen molar-refractivity contribution in [1.82, 2.24) is 15.2 Å². The van der Waals surface area contributed by atoms with Crippen LogP contribution in [0.1, 0.15) is 59.5 Å². The van der Waals surface area contributed by atoms with Crippen LogP contribution in [-0.2, 0) is 6.54 Å². The molecule has 0 unspecified atom stereocenters. The molecule has 2 aromatic rings. The van der Waals surface area contributed by atoms with Crippen LogP contribution in [0.5, 0.6) is 0 Å². The minimum absolute atomic E-state index is 0.0983. The number of benzene rings is 1. The molecule has 5 nitrogen and oxygen atoms in total. The van der Waals surface area contributed by atoms with Gasteiger partial charge < -0.3 is 10.2 Å². The molecule has 1 heterocycles. The van der Waals surface area contributed by atoms with Crippen LogP contribution in [-0.4, -0.2) is 34.8 Å². The summed E-state index contributed by atoms with van der Waals surface area (Å²) in [6.45, 7) is 5.82. The van der Waals surface area contributed by atoms with Crippen LogP contribution in [0.4, 0.5) is 0 Å². The van der Waals surface area contributed by atoms with E-state index < -0.39 is 0 Å². The van der Waals surface area contributed by atoms with Gasteiger partial charge in [-0.05, 0) is 31.0 Å². The molecule has 0 spiro atoms. The van der Waals surface area contributed by atoms with E-state index in [4.69, 9.17) is 0 Å². The standard InChI is InChI=1S/C21H27N3O2/c1-3-5-9-13-23-20(25)19-15-18(12-14-22-19)21(26)24(4-2)16-17-10-7-6-8-11-17/h6-8,10-12,14-15H,3-5,9,13,16H2,1-2H3,(H,23,25). The van der Waals surface area contributed by atoms with E-state index in [-0.39, 0.29) is 17.5 Å². The van der Waals surface area contributed by atoms with Crippen LogP contribution in [0.2, 0.25) is 0 Å². The van der Waals surface area contributed by atoms with E-state index in [9.17, 15) is 9.59 Å². The summed E-state index contributed by atoms with van der Waals surface area (Å²) in [4.78, 5) is 30.9. The Balaban J connectivity index is 2.04. The van der Waals surface area contributed by atoms with Gasteiger partial charge in [0.05, 0.1) is 0 Å². The van der Waals surface area contributed by atoms with E-state index in [1.807, 2.05) is 37.3 Å². The molecule has 5 heteroatoms. The zero-order valence-corrected chi connectivity index (χ0v) is 15.6. The van der Waals surface area contributed by atoms with Crippen LogP contribution >= 0.6 is 0 Å². The molecule has 0 radical (unpaired) electrons. The van der Waals surface area contributed by atoms with Gasteiger partial charge in [-0.25, -0.2) is 0 Å². The highest BCUT2D eigenvalue weighted by Gasteiger charge is 2.17.